The number of piperidine rings is 1. The van der Waals surface area contributed by atoms with Gasteiger partial charge in [-0.25, -0.2) is 9.78 Å². The number of pyridine rings is 1. The van der Waals surface area contributed by atoms with Gasteiger partial charge in [-0.3, -0.25) is 0 Å². The fraction of sp³-hybridized carbons (Fsp3) is 0.433. The van der Waals surface area contributed by atoms with E-state index in [4.69, 9.17) is 9.26 Å². The summed E-state index contributed by atoms with van der Waals surface area (Å²) >= 11 is 0. The molecule has 4 aromatic rings. The second-order valence-corrected chi connectivity index (χ2v) is 11.4. The summed E-state index contributed by atoms with van der Waals surface area (Å²) in [5, 5.41) is 14.7. The van der Waals surface area contributed by atoms with Crippen molar-refractivity contribution in [2.45, 2.75) is 75.6 Å². The number of alkyl halides is 3. The third-order valence-electron chi connectivity index (χ3n) is 8.65. The Morgan fingerprint density at radius 3 is 2.55 bits per heavy atom. The Labute approximate surface area is 238 Å². The van der Waals surface area contributed by atoms with E-state index in [1.54, 1.807) is 12.1 Å². The Bertz CT molecular complexity index is 1650. The van der Waals surface area contributed by atoms with Crippen LogP contribution in [0.3, 0.4) is 0 Å². The van der Waals surface area contributed by atoms with Crippen LogP contribution >= 0.6 is 0 Å². The van der Waals surface area contributed by atoms with Gasteiger partial charge < -0.3 is 28.6 Å². The topological polar surface area (TPSA) is 103 Å². The zero-order valence-electron chi connectivity index (χ0n) is 22.8. The highest BCUT2D eigenvalue weighted by Gasteiger charge is 2.43. The van der Waals surface area contributed by atoms with Crippen molar-refractivity contribution >= 4 is 22.7 Å². The Balaban J connectivity index is 1.12. The molecular formula is C30H29F3N4O5. The van der Waals surface area contributed by atoms with Gasteiger partial charge in [-0.05, 0) is 56.7 Å². The van der Waals surface area contributed by atoms with Crippen molar-refractivity contribution in [1.29, 1.82) is 0 Å². The normalized spacial score (nSPS) is 22.2. The first-order chi connectivity index (χ1) is 20.2. The van der Waals surface area contributed by atoms with E-state index < -0.39 is 12.3 Å². The molecule has 3 fully saturated rings. The smallest absolute Gasteiger partial charge is 0.478 e. The lowest BCUT2D eigenvalue weighted by Gasteiger charge is -2.40. The van der Waals surface area contributed by atoms with Gasteiger partial charge >= 0.3 is 12.3 Å². The molecule has 220 valence electrons. The van der Waals surface area contributed by atoms with Gasteiger partial charge in [0, 0.05) is 54.0 Å². The molecule has 3 aromatic heterocycles. The summed E-state index contributed by atoms with van der Waals surface area (Å²) in [7, 11) is 1.83. The van der Waals surface area contributed by atoms with Crippen molar-refractivity contribution in [3.63, 3.8) is 0 Å². The van der Waals surface area contributed by atoms with Gasteiger partial charge in [0.25, 0.3) is 0 Å². The number of para-hydroxylation sites is 1. The van der Waals surface area contributed by atoms with E-state index in [0.717, 1.165) is 49.7 Å². The van der Waals surface area contributed by atoms with E-state index in [9.17, 15) is 23.1 Å². The van der Waals surface area contributed by atoms with Gasteiger partial charge in [0.05, 0.1) is 18.2 Å². The van der Waals surface area contributed by atoms with Gasteiger partial charge in [0.15, 0.2) is 0 Å². The number of nitrogens with zero attached hydrogens (tertiary/aromatic N) is 4. The Hall–Kier alpha value is -4.06. The van der Waals surface area contributed by atoms with Crippen molar-refractivity contribution in [2.24, 2.45) is 7.05 Å². The summed E-state index contributed by atoms with van der Waals surface area (Å²) in [6.45, 7) is 0.170. The van der Waals surface area contributed by atoms with Crippen molar-refractivity contribution in [2.75, 3.05) is 4.90 Å². The number of anilines is 1. The van der Waals surface area contributed by atoms with Crippen LogP contribution in [0.5, 0.6) is 5.75 Å². The first kappa shape index (κ1) is 26.8. The summed E-state index contributed by atoms with van der Waals surface area (Å²) in [6, 6.07) is 8.21. The molecule has 0 radical (unpaired) electrons. The Morgan fingerprint density at radius 1 is 1.12 bits per heavy atom. The molecule has 0 amide bonds. The van der Waals surface area contributed by atoms with Gasteiger partial charge in [-0.15, -0.1) is 13.2 Å². The predicted molar refractivity (Wildman–Crippen MR) is 145 cm³/mol. The summed E-state index contributed by atoms with van der Waals surface area (Å²) in [4.78, 5) is 18.7. The number of hydrogen-bond acceptors (Lipinski definition) is 7. The number of hydrogen-bond donors (Lipinski definition) is 1. The number of ether oxygens (including phenoxy) is 2. The number of aromatic carboxylic acids is 1. The van der Waals surface area contributed by atoms with Crippen LogP contribution in [0.25, 0.3) is 22.2 Å². The monoisotopic (exact) mass is 582 g/mol. The average molecular weight is 583 g/mol. The minimum Gasteiger partial charge on any atom is -0.478 e. The number of aromatic nitrogens is 3. The van der Waals surface area contributed by atoms with Crippen LogP contribution in [0, 0.1) is 0 Å². The maximum atomic E-state index is 13.1. The average Bonchev–Trinajstić information content (AvgIpc) is 3.51. The van der Waals surface area contributed by atoms with Crippen LogP contribution in [0.1, 0.15) is 66.1 Å². The first-order valence-corrected chi connectivity index (χ1v) is 14.1. The second-order valence-electron chi connectivity index (χ2n) is 11.4. The predicted octanol–water partition coefficient (Wildman–Crippen LogP) is 6.42. The molecule has 7 rings (SSSR count). The van der Waals surface area contributed by atoms with Crippen LogP contribution in [-0.4, -0.2) is 50.3 Å². The number of fused-ring (bicyclic) bond motifs is 3. The van der Waals surface area contributed by atoms with Crippen molar-refractivity contribution in [1.82, 2.24) is 14.7 Å². The Kier molecular flexibility index (Phi) is 6.41. The number of carboxylic acids is 1. The summed E-state index contributed by atoms with van der Waals surface area (Å²) in [6.07, 6.45) is 3.70. The van der Waals surface area contributed by atoms with Gasteiger partial charge in [0.1, 0.15) is 28.6 Å². The maximum absolute atomic E-state index is 13.1. The number of halogens is 3. The number of carbonyl (C=O) groups is 1. The molecule has 1 N–H and O–H groups in total. The highest BCUT2D eigenvalue weighted by atomic mass is 19.4. The van der Waals surface area contributed by atoms with Crippen molar-refractivity contribution in [3.05, 3.63) is 59.6 Å². The van der Waals surface area contributed by atoms with Crippen LogP contribution in [-0.2, 0) is 18.4 Å². The Morgan fingerprint density at radius 2 is 1.86 bits per heavy atom. The van der Waals surface area contributed by atoms with E-state index in [1.807, 2.05) is 23.9 Å². The van der Waals surface area contributed by atoms with Crippen LogP contribution in [0.15, 0.2) is 47.2 Å². The molecule has 42 heavy (non-hydrogen) atoms. The summed E-state index contributed by atoms with van der Waals surface area (Å²) in [5.41, 5.74) is 2.01. The highest BCUT2D eigenvalue weighted by molar-refractivity contribution is 6.05. The molecular weight excluding hydrogens is 553 g/mol. The standard InChI is InChI=1S/C30H29F3N4O5/c1-36-11-10-21-26(36)22(29(38)39)14-34-28(21)37-17-8-9-18(37)13-19(12-17)40-15-23-25(35-42-27(23)16-6-7-16)20-4-2-3-5-24(20)41-30(31,32)33/h2-5,10-11,14,16-19H,6-9,12-13,15H2,1H3,(H,38,39)/t17-,18+,19?. The van der Waals surface area contributed by atoms with Crippen LogP contribution < -0.4 is 9.64 Å². The van der Waals surface area contributed by atoms with E-state index in [2.05, 4.69) is 19.8 Å². The van der Waals surface area contributed by atoms with Crippen molar-refractivity contribution in [3.8, 4) is 17.0 Å². The number of benzene rings is 1. The van der Waals surface area contributed by atoms with Gasteiger partial charge in [-0.2, -0.15) is 0 Å². The third-order valence-corrected chi connectivity index (χ3v) is 8.65. The van der Waals surface area contributed by atoms with E-state index in [-0.39, 0.29) is 47.6 Å². The molecule has 5 heterocycles. The molecule has 2 saturated heterocycles. The number of carboxylic acid groups (broad SMARTS) is 1. The molecule has 2 bridgehead atoms. The first-order valence-electron chi connectivity index (χ1n) is 14.1. The fourth-order valence-electron chi connectivity index (χ4n) is 6.69. The molecule has 3 aliphatic rings. The maximum Gasteiger partial charge on any atom is 0.573 e. The van der Waals surface area contributed by atoms with E-state index in [0.29, 0.717) is 22.5 Å². The highest BCUT2D eigenvalue weighted by Crippen LogP contribution is 2.47. The summed E-state index contributed by atoms with van der Waals surface area (Å²) in [5.74, 6) is 0.303. The minimum atomic E-state index is -4.84. The van der Waals surface area contributed by atoms with Crippen LogP contribution in [0.2, 0.25) is 0 Å². The molecule has 1 aromatic carbocycles. The second kappa shape index (κ2) is 10.0. The summed E-state index contributed by atoms with van der Waals surface area (Å²) < 4.78 is 57.6. The molecule has 1 aliphatic carbocycles. The van der Waals surface area contributed by atoms with Gasteiger partial charge in [0.2, 0.25) is 0 Å². The van der Waals surface area contributed by atoms with E-state index >= 15 is 0 Å². The zero-order valence-corrected chi connectivity index (χ0v) is 22.8. The quantitative estimate of drug-likeness (QED) is 0.254. The number of rotatable bonds is 8. The van der Waals surface area contributed by atoms with E-state index in [1.165, 1.54) is 18.3 Å². The lowest BCUT2D eigenvalue weighted by Crippen LogP contribution is -2.46. The molecule has 1 unspecified atom stereocenters. The molecule has 2 aliphatic heterocycles. The lowest BCUT2D eigenvalue weighted by atomic mass is 9.98. The lowest BCUT2D eigenvalue weighted by molar-refractivity contribution is -0.274. The largest absolute Gasteiger partial charge is 0.573 e. The fourth-order valence-corrected chi connectivity index (χ4v) is 6.69. The number of aryl methyl sites for hydroxylation is 1. The van der Waals surface area contributed by atoms with Gasteiger partial charge in [-0.1, -0.05) is 17.3 Å². The molecule has 1 saturated carbocycles. The third kappa shape index (κ3) is 4.77. The molecule has 3 atom stereocenters. The molecule has 9 nitrogen and oxygen atoms in total. The zero-order chi connectivity index (χ0) is 29.2. The SMILES string of the molecule is Cn1ccc2c(N3[C@@H]4CC[C@H]3CC(OCc3c(-c5ccccc5OC(F)(F)F)noc3C3CC3)C4)ncc(C(=O)O)c21. The van der Waals surface area contributed by atoms with Crippen LogP contribution in [0.4, 0.5) is 19.0 Å². The molecule has 12 heteroatoms. The molecule has 0 spiro atoms. The minimum absolute atomic E-state index is 0.0696. The van der Waals surface area contributed by atoms with Crippen molar-refractivity contribution < 1.29 is 37.1 Å².